The lowest BCUT2D eigenvalue weighted by Crippen LogP contribution is -2.34. The van der Waals surface area contributed by atoms with Gasteiger partial charge in [0.1, 0.15) is 5.56 Å². The third-order valence-corrected chi connectivity index (χ3v) is 5.59. The fourth-order valence-electron chi connectivity index (χ4n) is 3.46. The monoisotopic (exact) mass is 426 g/mol. The number of amides is 1. The molecule has 4 rings (SSSR count). The van der Waals surface area contributed by atoms with Crippen molar-refractivity contribution in [2.24, 2.45) is 4.99 Å². The Morgan fingerprint density at radius 1 is 1.30 bits per heavy atom. The Morgan fingerprint density at radius 2 is 2.13 bits per heavy atom. The number of carbonyl (C=O) groups excluding carboxylic acids is 1. The predicted octanol–water partition coefficient (Wildman–Crippen LogP) is 4.54. The molecular weight excluding hydrogens is 404 g/mol. The summed E-state index contributed by atoms with van der Waals surface area (Å²) in [5, 5.41) is 4.29. The maximum absolute atomic E-state index is 13.0. The van der Waals surface area contributed by atoms with E-state index in [2.05, 4.69) is 10.3 Å². The number of rotatable bonds is 5. The van der Waals surface area contributed by atoms with Crippen LogP contribution in [0.4, 0.5) is 5.69 Å². The van der Waals surface area contributed by atoms with Crippen LogP contribution in [0, 0.1) is 6.92 Å². The molecule has 30 heavy (non-hydrogen) atoms. The van der Waals surface area contributed by atoms with E-state index in [4.69, 9.17) is 25.5 Å². The molecular formula is C23H23ClN2O4. The highest BCUT2D eigenvalue weighted by Gasteiger charge is 2.19. The minimum Gasteiger partial charge on any atom is -0.493 e. The zero-order valence-corrected chi connectivity index (χ0v) is 17.7. The average Bonchev–Trinajstić information content (AvgIpc) is 3.28. The highest BCUT2D eigenvalue weighted by Crippen LogP contribution is 2.27. The number of hydrogen-bond acceptors (Lipinski definition) is 5. The molecule has 3 aromatic rings. The molecule has 1 saturated heterocycles. The second-order valence-electron chi connectivity index (χ2n) is 7.18. The van der Waals surface area contributed by atoms with Crippen LogP contribution in [0.1, 0.15) is 28.8 Å². The lowest BCUT2D eigenvalue weighted by atomic mass is 10.1. The Morgan fingerprint density at radius 3 is 2.90 bits per heavy atom. The van der Waals surface area contributed by atoms with E-state index in [1.165, 1.54) is 0 Å². The summed E-state index contributed by atoms with van der Waals surface area (Å²) < 4.78 is 17.1. The van der Waals surface area contributed by atoms with E-state index in [9.17, 15) is 4.79 Å². The first-order valence-corrected chi connectivity index (χ1v) is 10.2. The Hall–Kier alpha value is -2.83. The Kier molecular flexibility index (Phi) is 6.06. The van der Waals surface area contributed by atoms with E-state index in [1.807, 2.05) is 31.2 Å². The summed E-state index contributed by atoms with van der Waals surface area (Å²) in [5.41, 5.74) is 2.50. The van der Waals surface area contributed by atoms with Gasteiger partial charge in [-0.25, -0.2) is 4.99 Å². The summed E-state index contributed by atoms with van der Waals surface area (Å²) in [7, 11) is 1.57. The number of fused-ring (bicyclic) bond motifs is 1. The second kappa shape index (κ2) is 8.90. The number of nitrogens with one attached hydrogen (secondary N) is 1. The molecule has 1 aliphatic rings. The molecule has 1 amide bonds. The summed E-state index contributed by atoms with van der Waals surface area (Å²) in [6.45, 7) is 3.06. The van der Waals surface area contributed by atoms with Gasteiger partial charge in [-0.05, 0) is 49.6 Å². The van der Waals surface area contributed by atoms with Crippen LogP contribution in [-0.2, 0) is 4.74 Å². The Balaban J connectivity index is 1.82. The summed E-state index contributed by atoms with van der Waals surface area (Å²) in [6, 6.07) is 12.7. The second-order valence-corrected chi connectivity index (χ2v) is 7.59. The van der Waals surface area contributed by atoms with Crippen LogP contribution in [0.2, 0.25) is 5.02 Å². The lowest BCUT2D eigenvalue weighted by Gasteiger charge is -2.12. The molecule has 1 unspecified atom stereocenters. The summed E-state index contributed by atoms with van der Waals surface area (Å²) in [4.78, 5) is 17.6. The number of benzene rings is 2. The minimum atomic E-state index is -0.266. The number of methoxy groups -OCH3 is 1. The lowest BCUT2D eigenvalue weighted by molar-refractivity contribution is 0.0854. The Labute approximate surface area is 179 Å². The van der Waals surface area contributed by atoms with Gasteiger partial charge in [0.2, 0.25) is 5.55 Å². The molecule has 156 valence electrons. The summed E-state index contributed by atoms with van der Waals surface area (Å²) >= 11 is 6.24. The van der Waals surface area contributed by atoms with Gasteiger partial charge in [0.25, 0.3) is 5.91 Å². The van der Waals surface area contributed by atoms with Gasteiger partial charge in [-0.1, -0.05) is 29.8 Å². The fraction of sp³-hybridized carbons (Fsp3) is 0.304. The number of hydrogen-bond donors (Lipinski definition) is 1. The fourth-order valence-corrected chi connectivity index (χ4v) is 3.63. The van der Waals surface area contributed by atoms with E-state index < -0.39 is 0 Å². The topological polar surface area (TPSA) is 73.1 Å². The molecule has 0 bridgehead atoms. The van der Waals surface area contributed by atoms with Crippen molar-refractivity contribution in [1.82, 2.24) is 5.32 Å². The molecule has 7 heteroatoms. The van der Waals surface area contributed by atoms with E-state index in [0.717, 1.165) is 30.4 Å². The molecule has 2 aromatic carbocycles. The van der Waals surface area contributed by atoms with Crippen molar-refractivity contribution in [1.29, 1.82) is 0 Å². The van der Waals surface area contributed by atoms with Crippen LogP contribution in [0.5, 0.6) is 5.75 Å². The minimum absolute atomic E-state index is 0.0435. The van der Waals surface area contributed by atoms with E-state index in [1.54, 1.807) is 25.3 Å². The molecule has 0 spiro atoms. The van der Waals surface area contributed by atoms with Gasteiger partial charge in [-0.2, -0.15) is 0 Å². The summed E-state index contributed by atoms with van der Waals surface area (Å²) in [5.74, 6) is 0.301. The van der Waals surface area contributed by atoms with Crippen molar-refractivity contribution >= 4 is 34.2 Å². The first-order chi connectivity index (χ1) is 14.6. The normalized spacial score (nSPS) is 16.8. The standard InChI is InChI=1S/C23H23ClN2O4/c1-14-18(24)8-4-9-19(14)26-23-17(22(27)25-13-16-7-5-11-29-16)12-15-6-3-10-20(28-2)21(15)30-23/h3-4,6,8-10,12,16H,5,7,11,13H2,1-2H3,(H,25,27). The molecule has 1 N–H and O–H groups in total. The number of ether oxygens (including phenoxy) is 2. The van der Waals surface area contributed by atoms with Crippen molar-refractivity contribution < 1.29 is 18.7 Å². The van der Waals surface area contributed by atoms with Crippen LogP contribution >= 0.6 is 11.6 Å². The molecule has 1 aliphatic heterocycles. The van der Waals surface area contributed by atoms with E-state index >= 15 is 0 Å². The molecule has 0 saturated carbocycles. The molecule has 1 aromatic heterocycles. The zero-order valence-electron chi connectivity index (χ0n) is 16.9. The van der Waals surface area contributed by atoms with Gasteiger partial charge in [0, 0.05) is 23.6 Å². The maximum atomic E-state index is 13.0. The molecule has 1 atom stereocenters. The van der Waals surface area contributed by atoms with Crippen molar-refractivity contribution in [2.45, 2.75) is 25.9 Å². The third-order valence-electron chi connectivity index (χ3n) is 5.18. The molecule has 0 aliphatic carbocycles. The first-order valence-electron chi connectivity index (χ1n) is 9.87. The van der Waals surface area contributed by atoms with Gasteiger partial charge in [-0.3, -0.25) is 4.79 Å². The quantitative estimate of drug-likeness (QED) is 0.649. The van der Waals surface area contributed by atoms with Gasteiger partial charge in [-0.15, -0.1) is 0 Å². The zero-order chi connectivity index (χ0) is 21.1. The van der Waals surface area contributed by atoms with Crippen molar-refractivity contribution in [3.8, 4) is 5.75 Å². The van der Waals surface area contributed by atoms with Crippen molar-refractivity contribution in [3.63, 3.8) is 0 Å². The van der Waals surface area contributed by atoms with Crippen LogP contribution in [0.3, 0.4) is 0 Å². The van der Waals surface area contributed by atoms with Gasteiger partial charge in [0.15, 0.2) is 11.3 Å². The number of para-hydroxylation sites is 1. The Bertz CT molecular complexity index is 1150. The predicted molar refractivity (Wildman–Crippen MR) is 115 cm³/mol. The third kappa shape index (κ3) is 4.20. The largest absolute Gasteiger partial charge is 0.493 e. The van der Waals surface area contributed by atoms with Crippen molar-refractivity contribution in [3.05, 3.63) is 64.2 Å². The molecule has 2 heterocycles. The molecule has 1 fully saturated rings. The highest BCUT2D eigenvalue weighted by molar-refractivity contribution is 6.31. The maximum Gasteiger partial charge on any atom is 0.256 e. The van der Waals surface area contributed by atoms with Gasteiger partial charge < -0.3 is 19.2 Å². The van der Waals surface area contributed by atoms with Crippen LogP contribution in [0.15, 0.2) is 51.9 Å². The number of carbonyl (C=O) groups is 1. The van der Waals surface area contributed by atoms with Gasteiger partial charge >= 0.3 is 0 Å². The van der Waals surface area contributed by atoms with E-state index in [0.29, 0.717) is 34.2 Å². The average molecular weight is 427 g/mol. The van der Waals surface area contributed by atoms with Crippen molar-refractivity contribution in [2.75, 3.05) is 20.3 Å². The van der Waals surface area contributed by atoms with E-state index in [-0.39, 0.29) is 17.6 Å². The van der Waals surface area contributed by atoms with Crippen LogP contribution < -0.4 is 15.6 Å². The smallest absolute Gasteiger partial charge is 0.256 e. The summed E-state index contributed by atoms with van der Waals surface area (Å²) in [6.07, 6.45) is 2.00. The van der Waals surface area contributed by atoms with Crippen LogP contribution in [-0.4, -0.2) is 32.3 Å². The molecule has 0 radical (unpaired) electrons. The van der Waals surface area contributed by atoms with Crippen LogP contribution in [0.25, 0.3) is 11.0 Å². The highest BCUT2D eigenvalue weighted by atomic mass is 35.5. The molecule has 6 nitrogen and oxygen atoms in total. The SMILES string of the molecule is COc1cccc2cc(C(=O)NCC3CCCO3)c(=Nc3cccc(Cl)c3C)oc12. The number of halogens is 1. The van der Waals surface area contributed by atoms with Gasteiger partial charge in [0.05, 0.1) is 18.9 Å². The number of nitrogens with zero attached hydrogens (tertiary/aromatic N) is 1. The first kappa shape index (κ1) is 20.4.